The van der Waals surface area contributed by atoms with Gasteiger partial charge in [-0.05, 0) is 32.3 Å². The summed E-state index contributed by atoms with van der Waals surface area (Å²) in [7, 11) is 0. The van der Waals surface area contributed by atoms with Crippen LogP contribution < -0.4 is 11.1 Å². The average Bonchev–Trinajstić information content (AvgIpc) is 2.54. The van der Waals surface area contributed by atoms with E-state index in [1.807, 2.05) is 6.92 Å². The highest BCUT2D eigenvalue weighted by molar-refractivity contribution is 5.89. The number of hydrogen-bond acceptors (Lipinski definition) is 3. The van der Waals surface area contributed by atoms with Gasteiger partial charge in [0.15, 0.2) is 0 Å². The third kappa shape index (κ3) is 2.39. The highest BCUT2D eigenvalue weighted by Crippen LogP contribution is 2.57. The van der Waals surface area contributed by atoms with Crippen molar-refractivity contribution in [3.8, 4) is 0 Å². The Morgan fingerprint density at radius 2 is 2.00 bits per heavy atom. The molecule has 3 N–H and O–H groups in total. The van der Waals surface area contributed by atoms with Crippen molar-refractivity contribution >= 4 is 5.91 Å². The summed E-state index contributed by atoms with van der Waals surface area (Å²) in [6.07, 6.45) is 2.05. The Balaban J connectivity index is 1.75. The molecular formula is C19H28N2O2. The van der Waals surface area contributed by atoms with Gasteiger partial charge < -0.3 is 15.8 Å². The van der Waals surface area contributed by atoms with Crippen LogP contribution in [0.5, 0.6) is 0 Å². The van der Waals surface area contributed by atoms with Crippen molar-refractivity contribution in [2.24, 2.45) is 17.1 Å². The molecule has 0 bridgehead atoms. The van der Waals surface area contributed by atoms with Gasteiger partial charge in [0.25, 0.3) is 0 Å². The Bertz CT molecular complexity index is 596. The molecule has 2 aliphatic rings. The standard InChI is InChI=1S/C19H28N2O2/c1-12-7-9-14(10-8-12)13(2)21-17(22)19(20)15-6-5-11-23-16(15)18(19,3)4/h7-10,13,15-16H,5-6,11,20H2,1-4H3,(H,21,22). The van der Waals surface area contributed by atoms with Gasteiger partial charge >= 0.3 is 0 Å². The molecule has 0 aromatic heterocycles. The van der Waals surface area contributed by atoms with Gasteiger partial charge in [-0.1, -0.05) is 43.7 Å². The van der Waals surface area contributed by atoms with E-state index in [0.717, 1.165) is 25.0 Å². The molecule has 1 amide bonds. The van der Waals surface area contributed by atoms with Crippen molar-refractivity contribution in [2.75, 3.05) is 6.61 Å². The highest BCUT2D eigenvalue weighted by atomic mass is 16.5. The molecule has 1 aromatic carbocycles. The summed E-state index contributed by atoms with van der Waals surface area (Å²) in [5.74, 6) is 0.0683. The van der Waals surface area contributed by atoms with E-state index < -0.39 is 5.54 Å². The van der Waals surface area contributed by atoms with E-state index in [-0.39, 0.29) is 29.4 Å². The topological polar surface area (TPSA) is 64.4 Å². The van der Waals surface area contributed by atoms with Crippen LogP contribution in [-0.4, -0.2) is 24.2 Å². The maximum Gasteiger partial charge on any atom is 0.241 e. The summed E-state index contributed by atoms with van der Waals surface area (Å²) in [5, 5.41) is 3.13. The second-order valence-corrected chi connectivity index (χ2v) is 7.74. The van der Waals surface area contributed by atoms with E-state index in [2.05, 4.69) is 50.4 Å². The Kier molecular flexibility index (Phi) is 4.01. The molecular weight excluding hydrogens is 288 g/mol. The molecule has 0 radical (unpaired) electrons. The first-order valence-corrected chi connectivity index (χ1v) is 8.56. The number of carbonyl (C=O) groups is 1. The number of aryl methyl sites for hydroxylation is 1. The second kappa shape index (κ2) is 5.60. The number of hydrogen-bond donors (Lipinski definition) is 2. The average molecular weight is 316 g/mol. The second-order valence-electron chi connectivity index (χ2n) is 7.74. The van der Waals surface area contributed by atoms with Crippen molar-refractivity contribution in [3.63, 3.8) is 0 Å². The normalized spacial score (nSPS) is 33.3. The Labute approximate surface area is 138 Å². The van der Waals surface area contributed by atoms with E-state index in [1.165, 1.54) is 5.56 Å². The lowest BCUT2D eigenvalue weighted by Gasteiger charge is -2.65. The molecule has 1 aliphatic heterocycles. The van der Waals surface area contributed by atoms with Crippen molar-refractivity contribution in [3.05, 3.63) is 35.4 Å². The lowest BCUT2D eigenvalue weighted by molar-refractivity contribution is -0.225. The maximum absolute atomic E-state index is 13.0. The van der Waals surface area contributed by atoms with Crippen LogP contribution >= 0.6 is 0 Å². The smallest absolute Gasteiger partial charge is 0.241 e. The SMILES string of the molecule is Cc1ccc(C(C)NC(=O)C2(N)C3CCCOC3C2(C)C)cc1. The number of amides is 1. The minimum Gasteiger partial charge on any atom is -0.377 e. The number of rotatable bonds is 3. The number of ether oxygens (including phenoxy) is 1. The monoisotopic (exact) mass is 316 g/mol. The van der Waals surface area contributed by atoms with E-state index >= 15 is 0 Å². The predicted octanol–water partition coefficient (Wildman–Crippen LogP) is 2.70. The maximum atomic E-state index is 13.0. The summed E-state index contributed by atoms with van der Waals surface area (Å²) < 4.78 is 5.88. The van der Waals surface area contributed by atoms with Crippen LogP contribution in [-0.2, 0) is 9.53 Å². The van der Waals surface area contributed by atoms with Crippen LogP contribution in [0.15, 0.2) is 24.3 Å². The van der Waals surface area contributed by atoms with Crippen molar-refractivity contribution in [1.82, 2.24) is 5.32 Å². The van der Waals surface area contributed by atoms with E-state index in [4.69, 9.17) is 10.5 Å². The molecule has 126 valence electrons. The molecule has 1 saturated heterocycles. The van der Waals surface area contributed by atoms with Gasteiger partial charge in [0.1, 0.15) is 5.54 Å². The van der Waals surface area contributed by atoms with Crippen LogP contribution in [0.2, 0.25) is 0 Å². The van der Waals surface area contributed by atoms with Crippen molar-refractivity contribution < 1.29 is 9.53 Å². The van der Waals surface area contributed by atoms with Crippen molar-refractivity contribution in [2.45, 2.75) is 58.2 Å². The van der Waals surface area contributed by atoms with Crippen LogP contribution in [0.1, 0.15) is 50.8 Å². The number of fused-ring (bicyclic) bond motifs is 1. The first-order chi connectivity index (χ1) is 10.8. The lowest BCUT2D eigenvalue weighted by atomic mass is 9.46. The molecule has 1 aromatic rings. The van der Waals surface area contributed by atoms with Gasteiger partial charge in [-0.25, -0.2) is 0 Å². The van der Waals surface area contributed by atoms with Crippen molar-refractivity contribution in [1.29, 1.82) is 0 Å². The minimum absolute atomic E-state index is 0.0529. The highest BCUT2D eigenvalue weighted by Gasteiger charge is 2.70. The zero-order chi connectivity index (χ0) is 16.8. The Morgan fingerprint density at radius 3 is 2.65 bits per heavy atom. The zero-order valence-corrected chi connectivity index (χ0v) is 14.6. The first-order valence-electron chi connectivity index (χ1n) is 8.56. The van der Waals surface area contributed by atoms with Gasteiger partial charge in [-0.2, -0.15) is 0 Å². The number of nitrogens with two attached hydrogens (primary N) is 1. The van der Waals surface area contributed by atoms with Crippen LogP contribution in [0.25, 0.3) is 0 Å². The molecule has 4 nitrogen and oxygen atoms in total. The number of carbonyl (C=O) groups excluding carboxylic acids is 1. The summed E-state index contributed by atoms with van der Waals surface area (Å²) in [5.41, 5.74) is 7.76. The summed E-state index contributed by atoms with van der Waals surface area (Å²) in [6.45, 7) is 8.95. The summed E-state index contributed by atoms with van der Waals surface area (Å²) >= 11 is 0. The fourth-order valence-corrected chi connectivity index (χ4v) is 4.29. The Hall–Kier alpha value is -1.39. The predicted molar refractivity (Wildman–Crippen MR) is 90.9 cm³/mol. The molecule has 0 spiro atoms. The molecule has 1 heterocycles. The summed E-state index contributed by atoms with van der Waals surface area (Å²) in [4.78, 5) is 13.0. The molecule has 23 heavy (non-hydrogen) atoms. The third-order valence-corrected chi connectivity index (χ3v) is 5.99. The largest absolute Gasteiger partial charge is 0.377 e. The minimum atomic E-state index is -0.850. The number of nitrogens with one attached hydrogen (secondary N) is 1. The molecule has 4 atom stereocenters. The van der Waals surface area contributed by atoms with Crippen LogP contribution in [0, 0.1) is 18.3 Å². The molecule has 2 fully saturated rings. The quantitative estimate of drug-likeness (QED) is 0.901. The Morgan fingerprint density at radius 1 is 1.35 bits per heavy atom. The lowest BCUT2D eigenvalue weighted by Crippen LogP contribution is -2.82. The van der Waals surface area contributed by atoms with Gasteiger partial charge in [0, 0.05) is 17.9 Å². The zero-order valence-electron chi connectivity index (χ0n) is 14.6. The molecule has 4 unspecified atom stereocenters. The van der Waals surface area contributed by atoms with E-state index in [1.54, 1.807) is 0 Å². The van der Waals surface area contributed by atoms with Gasteiger partial charge in [-0.15, -0.1) is 0 Å². The first kappa shape index (κ1) is 16.5. The fourth-order valence-electron chi connectivity index (χ4n) is 4.29. The third-order valence-electron chi connectivity index (χ3n) is 5.99. The molecule has 1 saturated carbocycles. The molecule has 4 heteroatoms. The van der Waals surface area contributed by atoms with Gasteiger partial charge in [0.05, 0.1) is 12.1 Å². The van der Waals surface area contributed by atoms with E-state index in [0.29, 0.717) is 0 Å². The van der Waals surface area contributed by atoms with Gasteiger partial charge in [0.2, 0.25) is 5.91 Å². The van der Waals surface area contributed by atoms with E-state index in [9.17, 15) is 4.79 Å². The fraction of sp³-hybridized carbons (Fsp3) is 0.632. The van der Waals surface area contributed by atoms with Crippen LogP contribution in [0.4, 0.5) is 0 Å². The number of benzene rings is 1. The summed E-state index contributed by atoms with van der Waals surface area (Å²) in [6, 6.07) is 8.19. The van der Waals surface area contributed by atoms with Crippen LogP contribution in [0.3, 0.4) is 0 Å². The molecule has 3 rings (SSSR count). The van der Waals surface area contributed by atoms with Gasteiger partial charge in [-0.3, -0.25) is 4.79 Å². The molecule has 1 aliphatic carbocycles.